The summed E-state index contributed by atoms with van der Waals surface area (Å²) in [6.07, 6.45) is 2.07. The van der Waals surface area contributed by atoms with Gasteiger partial charge in [0.25, 0.3) is 0 Å². The average molecular weight is 261 g/mol. The van der Waals surface area contributed by atoms with Gasteiger partial charge in [-0.2, -0.15) is 0 Å². The number of hydrogen-bond acceptors (Lipinski definition) is 4. The lowest BCUT2D eigenvalue weighted by Crippen LogP contribution is -2.39. The second-order valence-electron chi connectivity index (χ2n) is 5.75. The minimum atomic E-state index is -0.331. The van der Waals surface area contributed by atoms with E-state index in [1.807, 2.05) is 32.3 Å². The molecule has 1 aliphatic carbocycles. The zero-order valence-corrected chi connectivity index (χ0v) is 11.5. The standard InChI is InChI=1S/C14H19N3O2/c1-16(2)12(14(15)6-7-14)9-4-5-10-11(8-9)19-13(18)17(10)3/h4-5,8,12H,6-7,15H2,1-3H3. The number of aromatic nitrogens is 1. The fourth-order valence-electron chi connectivity index (χ4n) is 2.88. The molecular formula is C14H19N3O2. The minimum Gasteiger partial charge on any atom is -0.408 e. The van der Waals surface area contributed by atoms with Gasteiger partial charge in [0, 0.05) is 12.6 Å². The number of aryl methyl sites for hydroxylation is 1. The summed E-state index contributed by atoms with van der Waals surface area (Å²) in [6.45, 7) is 0. The van der Waals surface area contributed by atoms with Gasteiger partial charge in [0.2, 0.25) is 0 Å². The Morgan fingerprint density at radius 3 is 2.68 bits per heavy atom. The van der Waals surface area contributed by atoms with Crippen molar-refractivity contribution in [3.05, 3.63) is 34.3 Å². The molecular weight excluding hydrogens is 242 g/mol. The van der Waals surface area contributed by atoms with Crippen LogP contribution in [0.1, 0.15) is 24.4 Å². The van der Waals surface area contributed by atoms with Gasteiger partial charge in [-0.15, -0.1) is 0 Å². The van der Waals surface area contributed by atoms with Gasteiger partial charge in [0.15, 0.2) is 5.58 Å². The molecule has 2 aromatic rings. The molecule has 0 saturated heterocycles. The van der Waals surface area contributed by atoms with E-state index in [1.165, 1.54) is 4.57 Å². The molecule has 1 fully saturated rings. The number of likely N-dealkylation sites (N-methyl/N-ethyl adjacent to an activating group) is 1. The second kappa shape index (κ2) is 3.95. The van der Waals surface area contributed by atoms with Crippen molar-refractivity contribution in [3.8, 4) is 0 Å². The lowest BCUT2D eigenvalue weighted by atomic mass is 9.96. The summed E-state index contributed by atoms with van der Waals surface area (Å²) in [7, 11) is 5.77. The Morgan fingerprint density at radius 2 is 2.11 bits per heavy atom. The molecule has 0 bridgehead atoms. The fourth-order valence-corrected chi connectivity index (χ4v) is 2.88. The van der Waals surface area contributed by atoms with Crippen LogP contribution in [0.4, 0.5) is 0 Å². The number of fused-ring (bicyclic) bond motifs is 1. The monoisotopic (exact) mass is 261 g/mol. The Kier molecular flexibility index (Phi) is 2.59. The van der Waals surface area contributed by atoms with Crippen molar-refractivity contribution in [2.75, 3.05) is 14.1 Å². The lowest BCUT2D eigenvalue weighted by molar-refractivity contribution is 0.246. The van der Waals surface area contributed by atoms with Gasteiger partial charge in [-0.05, 0) is 44.6 Å². The van der Waals surface area contributed by atoms with E-state index in [0.717, 1.165) is 23.9 Å². The fraction of sp³-hybridized carbons (Fsp3) is 0.500. The molecule has 1 saturated carbocycles. The summed E-state index contributed by atoms with van der Waals surface area (Å²) in [5.41, 5.74) is 8.76. The van der Waals surface area contributed by atoms with E-state index in [1.54, 1.807) is 7.05 Å². The van der Waals surface area contributed by atoms with Crippen LogP contribution in [0.3, 0.4) is 0 Å². The van der Waals surface area contributed by atoms with Gasteiger partial charge >= 0.3 is 5.76 Å². The molecule has 0 spiro atoms. The van der Waals surface area contributed by atoms with Crippen molar-refractivity contribution in [2.45, 2.75) is 24.4 Å². The molecule has 102 valence electrons. The Balaban J connectivity index is 2.12. The Bertz CT molecular complexity index is 680. The zero-order chi connectivity index (χ0) is 13.8. The highest BCUT2D eigenvalue weighted by atomic mass is 16.4. The molecule has 1 unspecified atom stereocenters. The summed E-state index contributed by atoms with van der Waals surface area (Å²) < 4.78 is 6.76. The molecule has 2 N–H and O–H groups in total. The third-order valence-corrected chi connectivity index (χ3v) is 4.02. The first-order valence-electron chi connectivity index (χ1n) is 6.47. The van der Waals surface area contributed by atoms with E-state index in [0.29, 0.717) is 5.58 Å². The number of rotatable bonds is 3. The smallest absolute Gasteiger partial charge is 0.408 e. The van der Waals surface area contributed by atoms with Crippen molar-refractivity contribution in [3.63, 3.8) is 0 Å². The lowest BCUT2D eigenvalue weighted by Gasteiger charge is -2.30. The van der Waals surface area contributed by atoms with Gasteiger partial charge in [0.05, 0.1) is 11.6 Å². The van der Waals surface area contributed by atoms with Crippen LogP contribution in [0.15, 0.2) is 27.4 Å². The SMILES string of the molecule is CN(C)C(c1ccc2c(c1)oc(=O)n2C)C1(N)CC1. The van der Waals surface area contributed by atoms with E-state index in [4.69, 9.17) is 10.2 Å². The maximum atomic E-state index is 11.5. The van der Waals surface area contributed by atoms with E-state index in [-0.39, 0.29) is 17.3 Å². The predicted molar refractivity (Wildman–Crippen MR) is 74.0 cm³/mol. The molecule has 0 aliphatic heterocycles. The van der Waals surface area contributed by atoms with Gasteiger partial charge in [0.1, 0.15) is 0 Å². The van der Waals surface area contributed by atoms with Gasteiger partial charge in [-0.3, -0.25) is 4.57 Å². The molecule has 5 heteroatoms. The van der Waals surface area contributed by atoms with Crippen LogP contribution in [0.2, 0.25) is 0 Å². The molecule has 19 heavy (non-hydrogen) atoms. The molecule has 3 rings (SSSR count). The first kappa shape index (κ1) is 12.4. The van der Waals surface area contributed by atoms with E-state index < -0.39 is 0 Å². The highest BCUT2D eigenvalue weighted by Crippen LogP contribution is 2.46. The van der Waals surface area contributed by atoms with Gasteiger partial charge in [-0.1, -0.05) is 6.07 Å². The van der Waals surface area contributed by atoms with E-state index in [2.05, 4.69) is 4.90 Å². The van der Waals surface area contributed by atoms with Gasteiger partial charge in [-0.25, -0.2) is 4.79 Å². The first-order chi connectivity index (χ1) is 8.92. The van der Waals surface area contributed by atoms with Crippen LogP contribution in [0, 0.1) is 0 Å². The number of benzene rings is 1. The maximum absolute atomic E-state index is 11.5. The molecule has 1 aliphatic rings. The quantitative estimate of drug-likeness (QED) is 0.902. The highest BCUT2D eigenvalue weighted by Gasteiger charge is 2.47. The first-order valence-corrected chi connectivity index (χ1v) is 6.47. The second-order valence-corrected chi connectivity index (χ2v) is 5.75. The molecule has 1 aromatic heterocycles. The largest absolute Gasteiger partial charge is 0.419 e. The summed E-state index contributed by atoms with van der Waals surface area (Å²) in [5.74, 6) is -0.331. The van der Waals surface area contributed by atoms with Crippen LogP contribution < -0.4 is 11.5 Å². The zero-order valence-electron chi connectivity index (χ0n) is 11.5. The predicted octanol–water partition coefficient (Wildman–Crippen LogP) is 1.23. The summed E-state index contributed by atoms with van der Waals surface area (Å²) in [4.78, 5) is 13.7. The van der Waals surface area contributed by atoms with E-state index in [9.17, 15) is 4.79 Å². The molecule has 1 atom stereocenters. The molecule has 5 nitrogen and oxygen atoms in total. The van der Waals surface area contributed by atoms with Crippen molar-refractivity contribution in [2.24, 2.45) is 12.8 Å². The topological polar surface area (TPSA) is 64.4 Å². The Hall–Kier alpha value is -1.59. The summed E-state index contributed by atoms with van der Waals surface area (Å²) in [5, 5.41) is 0. The van der Waals surface area contributed by atoms with Crippen molar-refractivity contribution in [1.82, 2.24) is 9.47 Å². The third-order valence-electron chi connectivity index (χ3n) is 4.02. The third kappa shape index (κ3) is 1.89. The Labute approximate surface area is 111 Å². The van der Waals surface area contributed by atoms with Crippen LogP contribution in [-0.2, 0) is 7.05 Å². The number of nitrogens with two attached hydrogens (primary N) is 1. The van der Waals surface area contributed by atoms with E-state index >= 15 is 0 Å². The summed E-state index contributed by atoms with van der Waals surface area (Å²) >= 11 is 0. The maximum Gasteiger partial charge on any atom is 0.419 e. The number of nitrogens with zero attached hydrogens (tertiary/aromatic N) is 2. The number of hydrogen-bond donors (Lipinski definition) is 1. The molecule has 0 radical (unpaired) electrons. The normalized spacial score (nSPS) is 19.0. The average Bonchev–Trinajstić information content (AvgIpc) is 2.99. The van der Waals surface area contributed by atoms with Crippen LogP contribution in [0.25, 0.3) is 11.1 Å². The Morgan fingerprint density at radius 1 is 1.42 bits per heavy atom. The van der Waals surface area contributed by atoms with Crippen LogP contribution in [0.5, 0.6) is 0 Å². The van der Waals surface area contributed by atoms with Crippen molar-refractivity contribution < 1.29 is 4.42 Å². The minimum absolute atomic E-state index is 0.147. The van der Waals surface area contributed by atoms with Crippen molar-refractivity contribution >= 4 is 11.1 Å². The molecule has 0 amide bonds. The van der Waals surface area contributed by atoms with Gasteiger partial charge < -0.3 is 15.1 Å². The number of oxazole rings is 1. The molecule has 1 aromatic carbocycles. The van der Waals surface area contributed by atoms with Crippen molar-refractivity contribution in [1.29, 1.82) is 0 Å². The highest BCUT2D eigenvalue weighted by molar-refractivity contribution is 5.74. The van der Waals surface area contributed by atoms with Crippen LogP contribution in [-0.4, -0.2) is 29.1 Å². The van der Waals surface area contributed by atoms with Crippen LogP contribution >= 0.6 is 0 Å². The molecule has 1 heterocycles. The summed E-state index contributed by atoms with van der Waals surface area (Å²) in [6, 6.07) is 6.06.